The normalized spacial score (nSPS) is 26.0. The Bertz CT molecular complexity index is 1580. The van der Waals surface area contributed by atoms with E-state index < -0.39 is 11.5 Å². The van der Waals surface area contributed by atoms with E-state index in [1.807, 2.05) is 57.2 Å². The summed E-state index contributed by atoms with van der Waals surface area (Å²) < 4.78 is 0. The number of nitrogens with one attached hydrogen (secondary N) is 3. The van der Waals surface area contributed by atoms with Gasteiger partial charge in [-0.1, -0.05) is 83.9 Å². The monoisotopic (exact) mass is 714 g/mol. The molecule has 0 unspecified atom stereocenters. The molecule has 2 bridgehead atoms. The smallest absolute Gasteiger partial charge is 0.242 e. The van der Waals surface area contributed by atoms with Crippen LogP contribution in [-0.4, -0.2) is 78.4 Å². The molecule has 2 fully saturated rings. The van der Waals surface area contributed by atoms with E-state index in [0.717, 1.165) is 76.6 Å². The number of unbranched alkanes of at least 4 members (excludes halogenated alkanes) is 3. The number of carbonyl (C=O) groups excluding carboxylic acids is 3. The summed E-state index contributed by atoms with van der Waals surface area (Å²) in [5.41, 5.74) is 8.63. The van der Waals surface area contributed by atoms with Gasteiger partial charge < -0.3 is 26.8 Å². The average molecular weight is 715 g/mol. The van der Waals surface area contributed by atoms with E-state index in [-0.39, 0.29) is 41.5 Å². The predicted molar refractivity (Wildman–Crippen MR) is 207 cm³/mol. The lowest BCUT2D eigenvalue weighted by atomic mass is 9.59. The molecule has 284 valence electrons. The van der Waals surface area contributed by atoms with Crippen LogP contribution in [0, 0.1) is 17.8 Å². The Kier molecular flexibility index (Phi) is 13.1. The van der Waals surface area contributed by atoms with Gasteiger partial charge in [-0.15, -0.1) is 0 Å². The molecule has 2 aliphatic carbocycles. The molecule has 6 atom stereocenters. The second-order valence-corrected chi connectivity index (χ2v) is 16.2. The molecule has 10 nitrogen and oxygen atoms in total. The van der Waals surface area contributed by atoms with Crippen molar-refractivity contribution in [2.24, 2.45) is 28.5 Å². The quantitative estimate of drug-likeness (QED) is 0.0837. The number of phenolic OH excluding ortho intramolecular Hbond substituents is 1. The zero-order valence-corrected chi connectivity index (χ0v) is 32.0. The van der Waals surface area contributed by atoms with Crippen molar-refractivity contribution in [3.63, 3.8) is 0 Å². The number of piperidine rings is 1. The summed E-state index contributed by atoms with van der Waals surface area (Å²) in [6, 6.07) is 15.5. The molecular formula is C42H62N6O4. The molecule has 10 heteroatoms. The summed E-state index contributed by atoms with van der Waals surface area (Å²) in [4.78, 5) is 47.4. The molecule has 0 spiro atoms. The fraction of sp³-hybridized carbons (Fsp3) is 0.619. The van der Waals surface area contributed by atoms with Gasteiger partial charge in [-0.3, -0.25) is 24.3 Å². The van der Waals surface area contributed by atoms with Crippen LogP contribution in [0.4, 0.5) is 0 Å². The summed E-state index contributed by atoms with van der Waals surface area (Å²) in [6.45, 7) is 13.6. The van der Waals surface area contributed by atoms with Crippen molar-refractivity contribution in [2.45, 2.75) is 115 Å². The van der Waals surface area contributed by atoms with E-state index in [1.165, 1.54) is 11.1 Å². The lowest BCUT2D eigenvalue weighted by molar-refractivity contribution is -0.130. The van der Waals surface area contributed by atoms with Gasteiger partial charge in [-0.2, -0.15) is 0 Å². The largest absolute Gasteiger partial charge is 0.508 e. The van der Waals surface area contributed by atoms with Crippen LogP contribution in [0.1, 0.15) is 103 Å². The Morgan fingerprint density at radius 2 is 1.81 bits per heavy atom. The topological polar surface area (TPSA) is 149 Å². The van der Waals surface area contributed by atoms with Crippen LogP contribution < -0.4 is 21.7 Å². The van der Waals surface area contributed by atoms with Gasteiger partial charge in [0.25, 0.3) is 0 Å². The first-order valence-electron chi connectivity index (χ1n) is 19.6. The fourth-order valence-corrected chi connectivity index (χ4v) is 8.78. The molecule has 2 aromatic carbocycles. The van der Waals surface area contributed by atoms with Crippen molar-refractivity contribution >= 4 is 23.6 Å². The molecule has 1 saturated heterocycles. The average Bonchev–Trinajstić information content (AvgIpc) is 3.86. The molecule has 0 radical (unpaired) electrons. The maximum Gasteiger partial charge on any atom is 0.242 e. The number of benzene rings is 2. The minimum atomic E-state index is -0.701. The zero-order valence-electron chi connectivity index (χ0n) is 32.0. The molecule has 1 aliphatic heterocycles. The summed E-state index contributed by atoms with van der Waals surface area (Å²) >= 11 is 0. The Hall–Kier alpha value is -3.92. The highest BCUT2D eigenvalue weighted by molar-refractivity contribution is 5.95. The lowest BCUT2D eigenvalue weighted by Crippen LogP contribution is -2.58. The van der Waals surface area contributed by atoms with Gasteiger partial charge in [0.05, 0.1) is 17.8 Å². The first kappa shape index (κ1) is 39.3. The van der Waals surface area contributed by atoms with Crippen LogP contribution in [0.3, 0.4) is 0 Å². The minimum absolute atomic E-state index is 0.00191. The van der Waals surface area contributed by atoms with Gasteiger partial charge in [-0.25, -0.2) is 0 Å². The van der Waals surface area contributed by atoms with E-state index in [1.54, 1.807) is 6.07 Å². The highest BCUT2D eigenvalue weighted by Crippen LogP contribution is 2.56. The molecule has 5 rings (SSSR count). The summed E-state index contributed by atoms with van der Waals surface area (Å²) in [5, 5.41) is 19.1. The predicted octanol–water partition coefficient (Wildman–Crippen LogP) is 4.97. The van der Waals surface area contributed by atoms with Gasteiger partial charge in [0.15, 0.2) is 0 Å². The third kappa shape index (κ3) is 8.99. The number of nitrogens with two attached hydrogens (primary N) is 1. The van der Waals surface area contributed by atoms with Gasteiger partial charge >= 0.3 is 0 Å². The first-order valence-corrected chi connectivity index (χ1v) is 19.6. The highest BCUT2D eigenvalue weighted by Gasteiger charge is 2.62. The molecule has 6 N–H and O–H groups in total. The SMILES string of the molecule is CCC(N)=NCCCCCCNC(=O)[C@H](CC(C)C)NC(=O)CNC(=O)[C@]1(c2ccccc2)C[C@@H]1CN1CC[C@@]2(C)c3cc(O)ccc3C[C@@H]1[C@H]2C. The van der Waals surface area contributed by atoms with Crippen LogP contribution in [-0.2, 0) is 31.6 Å². The van der Waals surface area contributed by atoms with E-state index in [2.05, 4.69) is 45.8 Å². The second-order valence-electron chi connectivity index (χ2n) is 16.2. The van der Waals surface area contributed by atoms with Crippen molar-refractivity contribution in [2.75, 3.05) is 32.7 Å². The number of phenols is 1. The molecule has 3 amide bonds. The van der Waals surface area contributed by atoms with Gasteiger partial charge in [-0.05, 0) is 97.1 Å². The number of carbonyl (C=O) groups is 3. The fourth-order valence-electron chi connectivity index (χ4n) is 8.78. The van der Waals surface area contributed by atoms with Crippen LogP contribution in [0.25, 0.3) is 0 Å². The van der Waals surface area contributed by atoms with E-state index in [9.17, 15) is 19.5 Å². The summed E-state index contributed by atoms with van der Waals surface area (Å²) in [7, 11) is 0. The van der Waals surface area contributed by atoms with Crippen molar-refractivity contribution in [1.82, 2.24) is 20.9 Å². The third-order valence-corrected chi connectivity index (χ3v) is 12.2. The third-order valence-electron chi connectivity index (χ3n) is 12.2. The number of hydrogen-bond donors (Lipinski definition) is 5. The Morgan fingerprint density at radius 1 is 1.06 bits per heavy atom. The number of hydrogen-bond acceptors (Lipinski definition) is 6. The molecule has 1 saturated carbocycles. The maximum absolute atomic E-state index is 14.1. The van der Waals surface area contributed by atoms with Crippen molar-refractivity contribution in [1.29, 1.82) is 0 Å². The number of aromatic hydroxyl groups is 1. The second kappa shape index (κ2) is 17.3. The van der Waals surface area contributed by atoms with E-state index in [4.69, 9.17) is 5.73 Å². The van der Waals surface area contributed by atoms with Crippen LogP contribution in [0.5, 0.6) is 5.75 Å². The highest BCUT2D eigenvalue weighted by atomic mass is 16.3. The lowest BCUT2D eigenvalue weighted by Gasteiger charge is -2.55. The van der Waals surface area contributed by atoms with Crippen LogP contribution >= 0.6 is 0 Å². The standard InChI is InChI=1S/C42H62N6O4/c1-6-37(43)44-19-12-7-8-13-20-45-39(51)35(22-28(2)3)47-38(50)26-46-40(52)42(31-14-10-9-11-15-31)25-32(42)27-48-21-18-41(5)29(4)36(48)23-30-16-17-33(49)24-34(30)41/h9-11,14-17,24,28-29,32,35-36,49H,6-8,12-13,18-23,25-27H2,1-5H3,(H2,43,44)(H,45,51)(H,46,52)(H,47,50)/t29-,32-,35+,36-,41-,42+/m1/s1. The number of likely N-dealkylation sites (tertiary alicyclic amines) is 1. The zero-order chi connectivity index (χ0) is 37.5. The Labute approximate surface area is 310 Å². The van der Waals surface area contributed by atoms with Crippen molar-refractivity contribution < 1.29 is 19.5 Å². The first-order chi connectivity index (χ1) is 24.9. The maximum atomic E-state index is 14.1. The van der Waals surface area contributed by atoms with Crippen molar-refractivity contribution in [3.8, 4) is 5.75 Å². The molecule has 52 heavy (non-hydrogen) atoms. The number of aliphatic imine (C=N–C) groups is 1. The summed E-state index contributed by atoms with van der Waals surface area (Å²) in [5.74, 6) is 1.06. The Morgan fingerprint density at radius 3 is 2.54 bits per heavy atom. The number of rotatable bonds is 18. The molecule has 1 heterocycles. The molecule has 2 aromatic rings. The van der Waals surface area contributed by atoms with Gasteiger partial charge in [0.2, 0.25) is 17.7 Å². The number of amides is 3. The van der Waals surface area contributed by atoms with Crippen LogP contribution in [0.2, 0.25) is 0 Å². The van der Waals surface area contributed by atoms with Gasteiger partial charge in [0, 0.05) is 32.1 Å². The number of amidine groups is 1. The molecular weight excluding hydrogens is 653 g/mol. The number of fused-ring (bicyclic) bond motifs is 4. The summed E-state index contributed by atoms with van der Waals surface area (Å²) in [6.07, 6.45) is 7.76. The van der Waals surface area contributed by atoms with Crippen molar-refractivity contribution in [3.05, 3.63) is 65.2 Å². The van der Waals surface area contributed by atoms with E-state index in [0.29, 0.717) is 36.5 Å². The Balaban J connectivity index is 1.15. The van der Waals surface area contributed by atoms with Gasteiger partial charge in [0.1, 0.15) is 11.8 Å². The number of nitrogens with zero attached hydrogens (tertiary/aromatic N) is 2. The van der Waals surface area contributed by atoms with E-state index >= 15 is 0 Å². The minimum Gasteiger partial charge on any atom is -0.508 e. The molecule has 0 aromatic heterocycles. The molecule has 3 aliphatic rings. The van der Waals surface area contributed by atoms with Crippen LogP contribution in [0.15, 0.2) is 53.5 Å².